The molecule has 0 aliphatic carbocycles. The lowest BCUT2D eigenvalue weighted by Crippen LogP contribution is -2.38. The predicted molar refractivity (Wildman–Crippen MR) is 108 cm³/mol. The van der Waals surface area contributed by atoms with Gasteiger partial charge in [0, 0.05) is 50.3 Å². The van der Waals surface area contributed by atoms with Crippen molar-refractivity contribution < 1.29 is 17.6 Å². The van der Waals surface area contributed by atoms with E-state index in [0.717, 1.165) is 40.8 Å². The van der Waals surface area contributed by atoms with Crippen LogP contribution in [-0.4, -0.2) is 46.9 Å². The van der Waals surface area contributed by atoms with E-state index in [1.807, 2.05) is 17.5 Å². The van der Waals surface area contributed by atoms with Crippen molar-refractivity contribution >= 4 is 33.2 Å². The second kappa shape index (κ2) is 7.93. The lowest BCUT2D eigenvalue weighted by atomic mass is 10.1. The number of hydrogen-bond donors (Lipinski definition) is 1. The van der Waals surface area contributed by atoms with Gasteiger partial charge in [-0.1, -0.05) is 11.6 Å². The van der Waals surface area contributed by atoms with Gasteiger partial charge in [-0.25, -0.2) is 27.0 Å². The third-order valence-corrected chi connectivity index (χ3v) is 6.70. The first-order chi connectivity index (χ1) is 14.2. The molecular weight excluding hydrogens is 433 g/mol. The fraction of sp³-hybridized carbons (Fsp3) is 0.316. The fourth-order valence-corrected chi connectivity index (χ4v) is 4.75. The highest BCUT2D eigenvalue weighted by Gasteiger charge is 2.24. The topological polar surface area (TPSA) is 96.7 Å². The van der Waals surface area contributed by atoms with E-state index in [0.29, 0.717) is 19.5 Å². The Kier molecular flexibility index (Phi) is 5.48. The van der Waals surface area contributed by atoms with E-state index >= 15 is 0 Å². The molecule has 1 amide bonds. The van der Waals surface area contributed by atoms with Crippen LogP contribution in [0, 0.1) is 12.7 Å². The minimum atomic E-state index is -3.89. The number of sulfonamides is 1. The molecule has 0 bridgehead atoms. The van der Waals surface area contributed by atoms with E-state index in [1.54, 1.807) is 11.1 Å². The number of benzene rings is 1. The van der Waals surface area contributed by atoms with Crippen LogP contribution >= 0.6 is 11.6 Å². The number of halogens is 2. The van der Waals surface area contributed by atoms with E-state index in [1.165, 1.54) is 0 Å². The summed E-state index contributed by atoms with van der Waals surface area (Å²) in [5.74, 6) is -0.870. The van der Waals surface area contributed by atoms with E-state index in [9.17, 15) is 17.6 Å². The quantitative estimate of drug-likeness (QED) is 0.640. The fourth-order valence-electron chi connectivity index (χ4n) is 3.45. The highest BCUT2D eigenvalue weighted by molar-refractivity contribution is 7.89. The summed E-state index contributed by atoms with van der Waals surface area (Å²) in [5.41, 5.74) is 3.61. The largest absolute Gasteiger partial charge is 0.338 e. The van der Waals surface area contributed by atoms with Crippen LogP contribution in [0.25, 0.3) is 5.65 Å². The van der Waals surface area contributed by atoms with Crippen molar-refractivity contribution in [3.05, 3.63) is 58.3 Å². The van der Waals surface area contributed by atoms with Crippen molar-refractivity contribution in [2.24, 2.45) is 0 Å². The number of carbonyl (C=O) groups is 1. The third kappa shape index (κ3) is 4.03. The molecule has 30 heavy (non-hydrogen) atoms. The molecule has 0 saturated heterocycles. The zero-order valence-corrected chi connectivity index (χ0v) is 17.7. The smallest absolute Gasteiger partial charge is 0.240 e. The van der Waals surface area contributed by atoms with Gasteiger partial charge in [-0.2, -0.15) is 5.10 Å². The lowest BCUT2D eigenvalue weighted by molar-refractivity contribution is -0.132. The molecule has 1 aliphatic rings. The molecule has 1 N–H and O–H groups in total. The SMILES string of the molecule is Cc1cc2ncc3c(n2n1)CCN(C(=O)CCNS(=O)(=O)c1ccc(F)c(Cl)c1)C3. The van der Waals surface area contributed by atoms with Crippen LogP contribution in [0.3, 0.4) is 0 Å². The van der Waals surface area contributed by atoms with E-state index in [4.69, 9.17) is 11.6 Å². The minimum absolute atomic E-state index is 0.0000407. The second-order valence-electron chi connectivity index (χ2n) is 7.07. The second-order valence-corrected chi connectivity index (χ2v) is 9.25. The first-order valence-corrected chi connectivity index (χ1v) is 11.2. The van der Waals surface area contributed by atoms with Crippen LogP contribution < -0.4 is 4.72 Å². The molecule has 3 aromatic rings. The molecule has 0 unspecified atom stereocenters. The van der Waals surface area contributed by atoms with Gasteiger partial charge >= 0.3 is 0 Å². The predicted octanol–water partition coefficient (Wildman–Crippen LogP) is 2.08. The summed E-state index contributed by atoms with van der Waals surface area (Å²) in [6, 6.07) is 5.04. The number of hydrogen-bond acceptors (Lipinski definition) is 5. The number of nitrogens with zero attached hydrogens (tertiary/aromatic N) is 4. The average molecular weight is 452 g/mol. The van der Waals surface area contributed by atoms with Crippen molar-refractivity contribution in [3.63, 3.8) is 0 Å². The minimum Gasteiger partial charge on any atom is -0.338 e. The molecule has 1 aromatic carbocycles. The van der Waals surface area contributed by atoms with Crippen LogP contribution in [0.2, 0.25) is 5.02 Å². The molecular formula is C19H19ClFN5O3S. The number of aromatic nitrogens is 3. The van der Waals surface area contributed by atoms with Gasteiger partial charge in [0.2, 0.25) is 15.9 Å². The monoisotopic (exact) mass is 451 g/mol. The Labute approximate surface area is 177 Å². The highest BCUT2D eigenvalue weighted by Crippen LogP contribution is 2.21. The summed E-state index contributed by atoms with van der Waals surface area (Å²) in [4.78, 5) is 18.5. The Balaban J connectivity index is 1.38. The molecule has 0 atom stereocenters. The van der Waals surface area contributed by atoms with Crippen molar-refractivity contribution in [2.75, 3.05) is 13.1 Å². The number of nitrogens with one attached hydrogen (secondary N) is 1. The Hall–Kier alpha value is -2.56. The number of carbonyl (C=O) groups excluding carboxylic acids is 1. The average Bonchev–Trinajstić information content (AvgIpc) is 3.10. The molecule has 11 heteroatoms. The van der Waals surface area contributed by atoms with Gasteiger partial charge in [-0.3, -0.25) is 4.79 Å². The Morgan fingerprint density at radius 3 is 2.90 bits per heavy atom. The number of rotatable bonds is 5. The van der Waals surface area contributed by atoms with E-state index < -0.39 is 15.8 Å². The Morgan fingerprint density at radius 2 is 2.13 bits per heavy atom. The van der Waals surface area contributed by atoms with Crippen molar-refractivity contribution in [2.45, 2.75) is 31.2 Å². The summed E-state index contributed by atoms with van der Waals surface area (Å²) >= 11 is 5.65. The molecule has 4 rings (SSSR count). The summed E-state index contributed by atoms with van der Waals surface area (Å²) in [6.07, 6.45) is 2.40. The van der Waals surface area contributed by atoms with Crippen LogP contribution in [0.4, 0.5) is 4.39 Å². The van der Waals surface area contributed by atoms with Crippen LogP contribution in [0.5, 0.6) is 0 Å². The van der Waals surface area contributed by atoms with Crippen LogP contribution in [0.15, 0.2) is 35.4 Å². The Bertz CT molecular complexity index is 1240. The first kappa shape index (κ1) is 20.7. The number of aryl methyl sites for hydroxylation is 1. The van der Waals surface area contributed by atoms with Gasteiger partial charge in [0.25, 0.3) is 0 Å². The molecule has 8 nitrogen and oxygen atoms in total. The third-order valence-electron chi connectivity index (χ3n) is 4.96. The zero-order chi connectivity index (χ0) is 21.5. The van der Waals surface area contributed by atoms with Gasteiger partial charge in [0.05, 0.1) is 21.3 Å². The summed E-state index contributed by atoms with van der Waals surface area (Å²) in [6.45, 7) is 2.75. The van der Waals surface area contributed by atoms with Gasteiger partial charge in [0.1, 0.15) is 5.82 Å². The van der Waals surface area contributed by atoms with E-state index in [-0.39, 0.29) is 28.8 Å². The normalized spacial score (nSPS) is 14.2. The van der Waals surface area contributed by atoms with Crippen molar-refractivity contribution in [1.82, 2.24) is 24.2 Å². The molecule has 1 aliphatic heterocycles. The maximum absolute atomic E-state index is 13.2. The van der Waals surface area contributed by atoms with Gasteiger partial charge < -0.3 is 4.90 Å². The van der Waals surface area contributed by atoms with Gasteiger partial charge in [-0.05, 0) is 25.1 Å². The maximum atomic E-state index is 13.2. The van der Waals surface area contributed by atoms with Crippen LogP contribution in [0.1, 0.15) is 23.4 Å². The molecule has 0 saturated carbocycles. The Morgan fingerprint density at radius 1 is 1.33 bits per heavy atom. The lowest BCUT2D eigenvalue weighted by Gasteiger charge is -2.28. The summed E-state index contributed by atoms with van der Waals surface area (Å²) in [7, 11) is -3.89. The van der Waals surface area contributed by atoms with Crippen LogP contribution in [-0.2, 0) is 27.8 Å². The molecule has 158 valence electrons. The first-order valence-electron chi connectivity index (χ1n) is 9.30. The maximum Gasteiger partial charge on any atom is 0.240 e. The molecule has 3 heterocycles. The summed E-state index contributed by atoms with van der Waals surface area (Å²) in [5, 5.41) is 4.17. The highest BCUT2D eigenvalue weighted by atomic mass is 35.5. The standard InChI is InChI=1S/C19H19ClFN5O3S/c1-12-8-18-22-10-13-11-25(7-5-17(13)26(18)24-12)19(27)4-6-23-30(28,29)14-2-3-16(21)15(20)9-14/h2-3,8-10,23H,4-7,11H2,1H3. The van der Waals surface area contributed by atoms with Gasteiger partial charge in [-0.15, -0.1) is 0 Å². The summed E-state index contributed by atoms with van der Waals surface area (Å²) < 4.78 is 42.0. The molecule has 0 spiro atoms. The number of fused-ring (bicyclic) bond motifs is 3. The molecule has 2 aromatic heterocycles. The molecule has 0 fully saturated rings. The van der Waals surface area contributed by atoms with Crippen molar-refractivity contribution in [1.29, 1.82) is 0 Å². The van der Waals surface area contributed by atoms with E-state index in [2.05, 4.69) is 14.8 Å². The van der Waals surface area contributed by atoms with Gasteiger partial charge in [0.15, 0.2) is 5.65 Å². The zero-order valence-electron chi connectivity index (χ0n) is 16.1. The molecule has 0 radical (unpaired) electrons. The number of amides is 1. The van der Waals surface area contributed by atoms with Crippen molar-refractivity contribution in [3.8, 4) is 0 Å².